The average molecular weight is 304 g/mol. The van der Waals surface area contributed by atoms with E-state index in [0.29, 0.717) is 11.8 Å². The summed E-state index contributed by atoms with van der Waals surface area (Å²) in [5.41, 5.74) is 0. The lowest BCUT2D eigenvalue weighted by atomic mass is 10.4. The van der Waals surface area contributed by atoms with Gasteiger partial charge < -0.3 is 9.15 Å². The van der Waals surface area contributed by atoms with Crippen LogP contribution in [-0.2, 0) is 5.75 Å². The Kier molecular flexibility index (Phi) is 4.56. The maximum atomic E-state index is 12.0. The molecule has 0 unspecified atom stereocenters. The van der Waals surface area contributed by atoms with Crippen LogP contribution in [0.3, 0.4) is 0 Å². The Morgan fingerprint density at radius 1 is 1.60 bits per heavy atom. The molecule has 7 nitrogen and oxygen atoms in total. The maximum Gasteiger partial charge on any atom is 0.336 e. The van der Waals surface area contributed by atoms with Crippen molar-refractivity contribution in [3.63, 3.8) is 0 Å². The quantitative estimate of drug-likeness (QED) is 0.849. The molecule has 0 fully saturated rings. The molecule has 2 aromatic heterocycles. The van der Waals surface area contributed by atoms with Crippen molar-refractivity contribution in [2.45, 2.75) is 11.5 Å². The number of H-pyrrole nitrogens is 1. The summed E-state index contributed by atoms with van der Waals surface area (Å²) in [7, 11) is 1.38. The Labute approximate surface area is 116 Å². The molecule has 2 aromatic rings. The molecule has 2 heterocycles. The van der Waals surface area contributed by atoms with Gasteiger partial charge in [0, 0.05) is 0 Å². The summed E-state index contributed by atoms with van der Waals surface area (Å²) in [5, 5.41) is 8.48. The van der Waals surface area contributed by atoms with E-state index in [1.807, 2.05) is 0 Å². The van der Waals surface area contributed by atoms with E-state index in [0.717, 1.165) is 0 Å². The number of methoxy groups -OCH3 is 1. The number of ether oxygens (including phenoxy) is 1. The fraction of sp³-hybridized carbons (Fsp3) is 0.300. The van der Waals surface area contributed by atoms with Crippen LogP contribution in [0.5, 0.6) is 6.01 Å². The Morgan fingerprint density at radius 2 is 2.40 bits per heavy atom. The summed E-state index contributed by atoms with van der Waals surface area (Å²) in [6, 6.07) is 2.93. The topological polar surface area (TPSA) is 93.0 Å². The molecule has 0 atom stereocenters. The molecule has 0 aromatic carbocycles. The van der Waals surface area contributed by atoms with Crippen LogP contribution in [0.2, 0.25) is 0 Å². The predicted molar refractivity (Wildman–Crippen MR) is 66.9 cm³/mol. The lowest BCUT2D eigenvalue weighted by Gasteiger charge is -1.98. The number of anilines is 1. The predicted octanol–water partition coefficient (Wildman–Crippen LogP) is 2.11. The largest absolute Gasteiger partial charge is 0.466 e. The number of alkyl halides is 2. The highest BCUT2D eigenvalue weighted by atomic mass is 32.2. The minimum absolute atomic E-state index is 0.00904. The van der Waals surface area contributed by atoms with E-state index >= 15 is 0 Å². The summed E-state index contributed by atoms with van der Waals surface area (Å²) >= 11 is 0.416. The monoisotopic (exact) mass is 304 g/mol. The number of hydrogen-bond donors (Lipinski definition) is 2. The Balaban J connectivity index is 1.95. The van der Waals surface area contributed by atoms with Crippen LogP contribution in [0, 0.1) is 0 Å². The van der Waals surface area contributed by atoms with Gasteiger partial charge in [-0.25, -0.2) is 5.10 Å². The van der Waals surface area contributed by atoms with Crippen LogP contribution < -0.4 is 10.1 Å². The molecular formula is C10H10F2N4O3S. The molecule has 0 saturated carbocycles. The molecule has 1 amide bonds. The van der Waals surface area contributed by atoms with Gasteiger partial charge >= 0.3 is 6.01 Å². The third kappa shape index (κ3) is 3.70. The lowest BCUT2D eigenvalue weighted by molar-refractivity contribution is 0.0994. The number of carbonyl (C=O) groups excluding carboxylic acids is 1. The van der Waals surface area contributed by atoms with Crippen LogP contribution >= 0.6 is 11.8 Å². The first-order valence-corrected chi connectivity index (χ1v) is 6.39. The number of carbonyl (C=O) groups is 1. The smallest absolute Gasteiger partial charge is 0.336 e. The first-order valence-electron chi connectivity index (χ1n) is 5.34. The van der Waals surface area contributed by atoms with E-state index in [2.05, 4.69) is 20.5 Å². The number of nitrogens with zero attached hydrogens (tertiary/aromatic N) is 2. The minimum atomic E-state index is -2.49. The molecule has 0 bridgehead atoms. The zero-order chi connectivity index (χ0) is 14.5. The zero-order valence-electron chi connectivity index (χ0n) is 10.2. The minimum Gasteiger partial charge on any atom is -0.466 e. The van der Waals surface area contributed by atoms with E-state index in [-0.39, 0.29) is 29.2 Å². The first kappa shape index (κ1) is 14.3. The van der Waals surface area contributed by atoms with Gasteiger partial charge in [0.2, 0.25) is 5.95 Å². The maximum absolute atomic E-state index is 12.0. The van der Waals surface area contributed by atoms with E-state index < -0.39 is 11.7 Å². The summed E-state index contributed by atoms with van der Waals surface area (Å²) in [6.45, 7) is 0. The van der Waals surface area contributed by atoms with Crippen LogP contribution in [-0.4, -0.2) is 34.0 Å². The Hall–Kier alpha value is -2.10. The normalized spacial score (nSPS) is 10.8. The summed E-state index contributed by atoms with van der Waals surface area (Å²) in [4.78, 5) is 15.6. The van der Waals surface area contributed by atoms with E-state index in [1.165, 1.54) is 19.2 Å². The van der Waals surface area contributed by atoms with Crippen LogP contribution in [0.1, 0.15) is 16.3 Å². The number of aromatic amines is 1. The molecule has 108 valence electrons. The third-order valence-corrected chi connectivity index (χ3v) is 2.82. The molecule has 0 aliphatic rings. The fourth-order valence-electron chi connectivity index (χ4n) is 1.29. The fourth-order valence-corrected chi connectivity index (χ4v) is 1.73. The molecule has 0 aliphatic heterocycles. The number of thioether (sulfide) groups is 1. The zero-order valence-corrected chi connectivity index (χ0v) is 11.0. The Morgan fingerprint density at radius 3 is 3.05 bits per heavy atom. The highest BCUT2D eigenvalue weighted by Gasteiger charge is 2.14. The molecule has 0 saturated heterocycles. The van der Waals surface area contributed by atoms with Gasteiger partial charge in [0.05, 0.1) is 12.9 Å². The summed E-state index contributed by atoms with van der Waals surface area (Å²) < 4.78 is 33.9. The van der Waals surface area contributed by atoms with Crippen molar-refractivity contribution in [2.75, 3.05) is 12.4 Å². The van der Waals surface area contributed by atoms with Gasteiger partial charge in [0.15, 0.2) is 5.76 Å². The number of nitrogens with one attached hydrogen (secondary N) is 2. The van der Waals surface area contributed by atoms with Gasteiger partial charge in [-0.2, -0.15) is 13.8 Å². The molecule has 0 radical (unpaired) electrons. The number of aromatic nitrogens is 3. The van der Waals surface area contributed by atoms with Gasteiger partial charge in [-0.1, -0.05) is 11.8 Å². The second kappa shape index (κ2) is 6.37. The second-order valence-corrected chi connectivity index (χ2v) is 4.44. The summed E-state index contributed by atoms with van der Waals surface area (Å²) in [5.74, 6) is -2.70. The van der Waals surface area contributed by atoms with E-state index in [9.17, 15) is 13.6 Å². The third-order valence-electron chi connectivity index (χ3n) is 2.12. The standard InChI is InChI=1S/C10H10F2N4O3S/c1-18-10-14-9(15-16-10)13-7(17)6-3-2-5(19-6)4-20-8(11)12/h2-3,8H,4H2,1H3,(H2,13,14,15,16,17). The molecule has 2 rings (SSSR count). The van der Waals surface area contributed by atoms with Gasteiger partial charge in [-0.15, -0.1) is 5.10 Å². The number of furan rings is 1. The van der Waals surface area contributed by atoms with Gasteiger partial charge in [-0.3, -0.25) is 10.1 Å². The van der Waals surface area contributed by atoms with Crippen molar-refractivity contribution in [3.05, 3.63) is 23.7 Å². The van der Waals surface area contributed by atoms with Gasteiger partial charge in [0.1, 0.15) is 5.76 Å². The van der Waals surface area contributed by atoms with E-state index in [4.69, 9.17) is 9.15 Å². The number of hydrogen-bond acceptors (Lipinski definition) is 6. The highest BCUT2D eigenvalue weighted by molar-refractivity contribution is 7.98. The van der Waals surface area contributed by atoms with Crippen molar-refractivity contribution in [1.82, 2.24) is 15.2 Å². The highest BCUT2D eigenvalue weighted by Crippen LogP contribution is 2.21. The van der Waals surface area contributed by atoms with Crippen molar-refractivity contribution >= 4 is 23.6 Å². The van der Waals surface area contributed by atoms with Crippen LogP contribution in [0.25, 0.3) is 0 Å². The SMILES string of the molecule is COc1n[nH]c(NC(=O)c2ccc(CSC(F)F)o2)n1. The number of halogens is 2. The number of rotatable bonds is 6. The Bertz CT molecular complexity index is 587. The summed E-state index contributed by atoms with van der Waals surface area (Å²) in [6.07, 6.45) is 0. The lowest BCUT2D eigenvalue weighted by Crippen LogP contribution is -2.12. The molecule has 2 N–H and O–H groups in total. The van der Waals surface area contributed by atoms with Gasteiger partial charge in [-0.05, 0) is 12.1 Å². The first-order chi connectivity index (χ1) is 9.58. The van der Waals surface area contributed by atoms with Crippen molar-refractivity contribution in [1.29, 1.82) is 0 Å². The molecule has 0 aliphatic carbocycles. The number of amides is 1. The molecular weight excluding hydrogens is 294 g/mol. The molecule has 20 heavy (non-hydrogen) atoms. The second-order valence-electron chi connectivity index (χ2n) is 3.46. The van der Waals surface area contributed by atoms with Crippen molar-refractivity contribution in [3.8, 4) is 6.01 Å². The van der Waals surface area contributed by atoms with E-state index in [1.54, 1.807) is 0 Å². The molecule has 10 heteroatoms. The average Bonchev–Trinajstić information content (AvgIpc) is 3.04. The van der Waals surface area contributed by atoms with Crippen molar-refractivity contribution in [2.24, 2.45) is 0 Å². The van der Waals surface area contributed by atoms with Crippen molar-refractivity contribution < 1.29 is 22.7 Å². The van der Waals surface area contributed by atoms with Crippen LogP contribution in [0.4, 0.5) is 14.7 Å². The van der Waals surface area contributed by atoms with Gasteiger partial charge in [0.25, 0.3) is 11.7 Å². The molecule has 0 spiro atoms. The van der Waals surface area contributed by atoms with Crippen LogP contribution in [0.15, 0.2) is 16.5 Å².